The Hall–Kier alpha value is -1.67. The van der Waals surface area contributed by atoms with Crippen molar-refractivity contribution in [2.24, 2.45) is 22.9 Å². The van der Waals surface area contributed by atoms with Crippen LogP contribution in [0.3, 0.4) is 0 Å². The first-order valence-electron chi connectivity index (χ1n) is 13.9. The lowest BCUT2D eigenvalue weighted by molar-refractivity contribution is -0.123. The van der Waals surface area contributed by atoms with Crippen LogP contribution in [0.25, 0.3) is 0 Å². The Morgan fingerprint density at radius 1 is 0.514 bits per heavy atom. The van der Waals surface area contributed by atoms with Crippen molar-refractivity contribution >= 4 is 17.6 Å². The minimum absolute atomic E-state index is 0.0122. The number of rotatable bonds is 26. The minimum Gasteiger partial charge on any atom is -0.355 e. The van der Waals surface area contributed by atoms with Crippen LogP contribution in [-0.4, -0.2) is 130 Å². The smallest absolute Gasteiger partial charge is 0.234 e. The van der Waals surface area contributed by atoms with E-state index in [0.29, 0.717) is 72.0 Å². The van der Waals surface area contributed by atoms with Crippen molar-refractivity contribution in [1.29, 1.82) is 0 Å². The standard InChI is InChI=1S/C25H55N9O3/c1-23(35)20-32(18-6-12-30-24(36)21-33(14-2-8-26)15-3-9-27)19-7-13-31-25(37)22-34(16-4-10-28)17-5-11-29/h2-22,26-29H2,1H3,(H,30,36)(H,31,37). The van der Waals surface area contributed by atoms with Gasteiger partial charge in [0.1, 0.15) is 5.78 Å². The predicted molar refractivity (Wildman–Crippen MR) is 150 cm³/mol. The van der Waals surface area contributed by atoms with Crippen LogP contribution >= 0.6 is 0 Å². The molecule has 0 saturated carbocycles. The summed E-state index contributed by atoms with van der Waals surface area (Å²) in [7, 11) is 0. The van der Waals surface area contributed by atoms with Crippen molar-refractivity contribution in [3.63, 3.8) is 0 Å². The molecule has 0 aliphatic carbocycles. The number of ketones is 1. The van der Waals surface area contributed by atoms with Crippen LogP contribution in [0.1, 0.15) is 45.4 Å². The van der Waals surface area contributed by atoms with Crippen LogP contribution in [-0.2, 0) is 14.4 Å². The second kappa shape index (κ2) is 24.7. The van der Waals surface area contributed by atoms with E-state index >= 15 is 0 Å². The molecule has 10 N–H and O–H groups in total. The summed E-state index contributed by atoms with van der Waals surface area (Å²) in [6.07, 6.45) is 4.87. The number of hydrogen-bond donors (Lipinski definition) is 6. The molecule has 12 nitrogen and oxygen atoms in total. The van der Waals surface area contributed by atoms with E-state index in [2.05, 4.69) is 25.3 Å². The predicted octanol–water partition coefficient (Wildman–Crippen LogP) is -2.11. The second-order valence-electron chi connectivity index (χ2n) is 9.51. The summed E-state index contributed by atoms with van der Waals surface area (Å²) in [5, 5.41) is 5.94. The number of amides is 2. The Labute approximate surface area is 224 Å². The fourth-order valence-electron chi connectivity index (χ4n) is 3.96. The van der Waals surface area contributed by atoms with Crippen LogP contribution in [0.4, 0.5) is 0 Å². The van der Waals surface area contributed by atoms with E-state index in [9.17, 15) is 14.4 Å². The van der Waals surface area contributed by atoms with Gasteiger partial charge in [-0.15, -0.1) is 0 Å². The van der Waals surface area contributed by atoms with Gasteiger partial charge in [0, 0.05) is 26.2 Å². The lowest BCUT2D eigenvalue weighted by atomic mass is 10.3. The van der Waals surface area contributed by atoms with Crippen molar-refractivity contribution in [3.05, 3.63) is 0 Å². The molecule has 0 bridgehead atoms. The maximum Gasteiger partial charge on any atom is 0.234 e. The van der Waals surface area contributed by atoms with Gasteiger partial charge in [0.15, 0.2) is 0 Å². The number of hydrogen-bond acceptors (Lipinski definition) is 10. The SMILES string of the molecule is CC(=O)CN(CCCNC(=O)CN(CCCN)CCCN)CCCNC(=O)CN(CCCN)CCCN. The zero-order valence-electron chi connectivity index (χ0n) is 23.2. The largest absolute Gasteiger partial charge is 0.355 e. The summed E-state index contributed by atoms with van der Waals surface area (Å²) in [5.74, 6) is 0.0719. The van der Waals surface area contributed by atoms with E-state index in [0.717, 1.165) is 64.7 Å². The van der Waals surface area contributed by atoms with Crippen LogP contribution in [0, 0.1) is 0 Å². The number of Topliss-reactive ketones (excluding diaryl/α,β-unsaturated/α-hetero) is 1. The van der Waals surface area contributed by atoms with Crippen molar-refractivity contribution < 1.29 is 14.4 Å². The number of nitrogens with one attached hydrogen (secondary N) is 2. The average Bonchev–Trinajstić information content (AvgIpc) is 2.87. The van der Waals surface area contributed by atoms with E-state index in [1.807, 2.05) is 0 Å². The topological polar surface area (TPSA) is 189 Å². The average molecular weight is 530 g/mol. The third-order valence-corrected chi connectivity index (χ3v) is 5.84. The van der Waals surface area contributed by atoms with Gasteiger partial charge in [-0.05, 0) is 97.8 Å². The van der Waals surface area contributed by atoms with Gasteiger partial charge in [-0.2, -0.15) is 0 Å². The molecule has 2 amide bonds. The normalized spacial score (nSPS) is 11.5. The maximum atomic E-state index is 12.3. The van der Waals surface area contributed by atoms with E-state index in [1.54, 1.807) is 6.92 Å². The Morgan fingerprint density at radius 3 is 1.11 bits per heavy atom. The maximum absolute atomic E-state index is 12.3. The molecular formula is C25H55N9O3. The first-order chi connectivity index (χ1) is 17.9. The summed E-state index contributed by atoms with van der Waals surface area (Å²) in [4.78, 5) is 42.6. The molecule has 0 unspecified atom stereocenters. The monoisotopic (exact) mass is 529 g/mol. The van der Waals surface area contributed by atoms with Gasteiger partial charge in [0.25, 0.3) is 0 Å². The number of nitrogens with two attached hydrogens (primary N) is 4. The quantitative estimate of drug-likeness (QED) is 0.0676. The zero-order chi connectivity index (χ0) is 27.7. The molecular weight excluding hydrogens is 474 g/mol. The van der Waals surface area contributed by atoms with Gasteiger partial charge < -0.3 is 33.6 Å². The number of carbonyl (C=O) groups is 3. The lowest BCUT2D eigenvalue weighted by Gasteiger charge is -2.23. The molecule has 0 spiro atoms. The lowest BCUT2D eigenvalue weighted by Crippen LogP contribution is -2.41. The Bertz CT molecular complexity index is 538. The summed E-state index contributed by atoms with van der Waals surface area (Å²) in [6, 6.07) is 0. The molecule has 0 aromatic rings. The van der Waals surface area contributed by atoms with Gasteiger partial charge in [-0.1, -0.05) is 0 Å². The van der Waals surface area contributed by atoms with Gasteiger partial charge in [0.2, 0.25) is 11.8 Å². The second-order valence-corrected chi connectivity index (χ2v) is 9.51. The first kappa shape index (κ1) is 35.3. The molecule has 0 atom stereocenters. The Morgan fingerprint density at radius 2 is 0.811 bits per heavy atom. The van der Waals surface area contributed by atoms with Gasteiger partial charge in [-0.25, -0.2) is 0 Å². The highest BCUT2D eigenvalue weighted by molar-refractivity contribution is 5.78. The number of carbonyl (C=O) groups excluding carboxylic acids is 3. The molecule has 37 heavy (non-hydrogen) atoms. The van der Waals surface area contributed by atoms with Crippen LogP contribution < -0.4 is 33.6 Å². The fraction of sp³-hybridized carbons (Fsp3) is 0.880. The van der Waals surface area contributed by atoms with Crippen molar-refractivity contribution in [1.82, 2.24) is 25.3 Å². The van der Waals surface area contributed by atoms with Gasteiger partial charge >= 0.3 is 0 Å². The molecule has 0 aromatic heterocycles. The zero-order valence-corrected chi connectivity index (χ0v) is 23.2. The van der Waals surface area contributed by atoms with E-state index in [1.165, 1.54) is 0 Å². The summed E-state index contributed by atoms with van der Waals surface area (Å²) >= 11 is 0. The van der Waals surface area contributed by atoms with E-state index < -0.39 is 0 Å². The Kier molecular flexibility index (Phi) is 23.5. The van der Waals surface area contributed by atoms with Crippen LogP contribution in [0.2, 0.25) is 0 Å². The van der Waals surface area contributed by atoms with E-state index in [-0.39, 0.29) is 17.6 Å². The molecule has 0 radical (unpaired) electrons. The van der Waals surface area contributed by atoms with Gasteiger partial charge in [0.05, 0.1) is 19.6 Å². The molecule has 0 aromatic carbocycles. The molecule has 0 fully saturated rings. The third kappa shape index (κ3) is 22.1. The summed E-state index contributed by atoms with van der Waals surface area (Å²) < 4.78 is 0. The molecule has 0 aliphatic rings. The van der Waals surface area contributed by atoms with Gasteiger partial charge in [-0.3, -0.25) is 29.1 Å². The Balaban J connectivity index is 4.32. The van der Waals surface area contributed by atoms with Crippen LogP contribution in [0.5, 0.6) is 0 Å². The van der Waals surface area contributed by atoms with E-state index in [4.69, 9.17) is 22.9 Å². The minimum atomic E-state index is -0.0122. The van der Waals surface area contributed by atoms with Crippen LogP contribution in [0.15, 0.2) is 0 Å². The van der Waals surface area contributed by atoms with Crippen molar-refractivity contribution in [2.75, 3.05) is 98.2 Å². The molecule has 0 saturated heterocycles. The summed E-state index contributed by atoms with van der Waals surface area (Å²) in [5.41, 5.74) is 22.4. The fourth-order valence-corrected chi connectivity index (χ4v) is 3.96. The number of nitrogens with zero attached hydrogens (tertiary/aromatic N) is 3. The molecule has 12 heteroatoms. The molecule has 218 valence electrons. The highest BCUT2D eigenvalue weighted by Crippen LogP contribution is 1.97. The van der Waals surface area contributed by atoms with Crippen molar-refractivity contribution in [3.8, 4) is 0 Å². The highest BCUT2D eigenvalue weighted by atomic mass is 16.2. The third-order valence-electron chi connectivity index (χ3n) is 5.84. The summed E-state index contributed by atoms with van der Waals surface area (Å²) in [6.45, 7) is 10.6. The molecule has 0 rings (SSSR count). The highest BCUT2D eigenvalue weighted by Gasteiger charge is 2.12. The molecule has 0 heterocycles. The first-order valence-corrected chi connectivity index (χ1v) is 13.9. The molecule has 0 aliphatic heterocycles. The van der Waals surface area contributed by atoms with Crippen molar-refractivity contribution in [2.45, 2.75) is 45.4 Å².